The van der Waals surface area contributed by atoms with Gasteiger partial charge in [-0.2, -0.15) is 0 Å². The van der Waals surface area contributed by atoms with Crippen molar-refractivity contribution in [2.24, 2.45) is 0 Å². The molecule has 7 nitrogen and oxygen atoms in total. The summed E-state index contributed by atoms with van der Waals surface area (Å²) in [6.07, 6.45) is 7.16. The van der Waals surface area contributed by atoms with Crippen molar-refractivity contribution in [3.05, 3.63) is 99.5 Å². The van der Waals surface area contributed by atoms with Gasteiger partial charge >= 0.3 is 0 Å². The quantitative estimate of drug-likeness (QED) is 0.440. The van der Waals surface area contributed by atoms with E-state index in [0.29, 0.717) is 51.8 Å². The van der Waals surface area contributed by atoms with E-state index in [2.05, 4.69) is 14.9 Å². The first-order valence-corrected chi connectivity index (χ1v) is 11.6. The molecule has 0 unspecified atom stereocenters. The standard InChI is InChI=1S/C26H20ClN5O2/c27-17-9-4-11-19-22(17)26(34)32(16-7-2-1-3-8-16)24(30-19)20-12-6-14-31(20)25-23-18(28-15-29-25)10-5-13-21(23)33/h1-5,7-9,11,13,15,20H,6,10,12,14H2/t20-/m0/s1. The van der Waals surface area contributed by atoms with Gasteiger partial charge in [-0.25, -0.2) is 15.0 Å². The highest BCUT2D eigenvalue weighted by Crippen LogP contribution is 2.38. The van der Waals surface area contributed by atoms with Crippen molar-refractivity contribution < 1.29 is 4.79 Å². The third-order valence-electron chi connectivity index (χ3n) is 6.44. The number of benzene rings is 2. The number of anilines is 1. The van der Waals surface area contributed by atoms with E-state index in [4.69, 9.17) is 16.6 Å². The number of aromatic nitrogens is 4. The fraction of sp³-hybridized carbons (Fsp3) is 0.192. The van der Waals surface area contributed by atoms with Crippen LogP contribution in [-0.4, -0.2) is 31.8 Å². The van der Waals surface area contributed by atoms with Gasteiger partial charge in [0, 0.05) is 13.0 Å². The van der Waals surface area contributed by atoms with E-state index in [1.54, 1.807) is 22.8 Å². The van der Waals surface area contributed by atoms with Crippen molar-refractivity contribution in [1.29, 1.82) is 0 Å². The smallest absolute Gasteiger partial charge is 0.267 e. The molecule has 1 saturated heterocycles. The summed E-state index contributed by atoms with van der Waals surface area (Å²) in [5.41, 5.74) is 2.31. The van der Waals surface area contributed by atoms with Crippen LogP contribution >= 0.6 is 11.6 Å². The number of ketones is 1. The highest BCUT2D eigenvalue weighted by atomic mass is 35.5. The maximum absolute atomic E-state index is 13.8. The van der Waals surface area contributed by atoms with Gasteiger partial charge in [0.2, 0.25) is 0 Å². The molecule has 1 aliphatic carbocycles. The van der Waals surface area contributed by atoms with Crippen molar-refractivity contribution in [3.8, 4) is 5.69 Å². The molecular formula is C26H20ClN5O2. The first kappa shape index (κ1) is 20.7. The Hall–Kier alpha value is -3.84. The highest BCUT2D eigenvalue weighted by Gasteiger charge is 2.35. The Balaban J connectivity index is 1.59. The Morgan fingerprint density at radius 2 is 1.85 bits per heavy atom. The van der Waals surface area contributed by atoms with Gasteiger partial charge in [0.1, 0.15) is 18.0 Å². The lowest BCUT2D eigenvalue weighted by atomic mass is 10.0. The SMILES string of the molecule is O=C1C=CCc2ncnc(N3CCC[C@H]3c3nc4cccc(Cl)c4c(=O)n3-c3ccccc3)c21. The van der Waals surface area contributed by atoms with Crippen LogP contribution in [0, 0.1) is 0 Å². The fourth-order valence-electron chi connectivity index (χ4n) is 4.94. The molecule has 0 radical (unpaired) electrons. The minimum atomic E-state index is -0.242. The van der Waals surface area contributed by atoms with Gasteiger partial charge in [0.25, 0.3) is 5.56 Å². The zero-order valence-electron chi connectivity index (χ0n) is 18.2. The van der Waals surface area contributed by atoms with Crippen LogP contribution in [0.15, 0.2) is 71.8 Å². The monoisotopic (exact) mass is 469 g/mol. The van der Waals surface area contributed by atoms with E-state index in [-0.39, 0.29) is 17.4 Å². The molecule has 8 heteroatoms. The van der Waals surface area contributed by atoms with Crippen molar-refractivity contribution in [3.63, 3.8) is 0 Å². The van der Waals surface area contributed by atoms with Crippen LogP contribution in [0.3, 0.4) is 0 Å². The number of para-hydroxylation sites is 1. The zero-order valence-corrected chi connectivity index (χ0v) is 18.9. The number of carbonyl (C=O) groups excluding carboxylic acids is 1. The molecule has 0 amide bonds. The lowest BCUT2D eigenvalue weighted by molar-refractivity contribution is 0.104. The predicted octanol–water partition coefficient (Wildman–Crippen LogP) is 4.47. The molecule has 34 heavy (non-hydrogen) atoms. The molecule has 3 heterocycles. The molecule has 6 rings (SSSR count). The molecule has 2 aromatic carbocycles. The van der Waals surface area contributed by atoms with Gasteiger partial charge < -0.3 is 4.90 Å². The van der Waals surface area contributed by atoms with Gasteiger partial charge in [-0.1, -0.05) is 41.9 Å². The van der Waals surface area contributed by atoms with E-state index in [1.807, 2.05) is 42.5 Å². The largest absolute Gasteiger partial charge is 0.346 e. The number of fused-ring (bicyclic) bond motifs is 2. The lowest BCUT2D eigenvalue weighted by Gasteiger charge is -2.29. The van der Waals surface area contributed by atoms with Crippen molar-refractivity contribution in [1.82, 2.24) is 19.5 Å². The summed E-state index contributed by atoms with van der Waals surface area (Å²) in [5.74, 6) is 1.11. The van der Waals surface area contributed by atoms with Gasteiger partial charge in [0.15, 0.2) is 5.78 Å². The van der Waals surface area contributed by atoms with Crippen LogP contribution in [0.5, 0.6) is 0 Å². The van der Waals surface area contributed by atoms with Gasteiger partial charge in [-0.05, 0) is 43.2 Å². The molecule has 2 aromatic heterocycles. The van der Waals surface area contributed by atoms with Crippen molar-refractivity contribution in [2.75, 3.05) is 11.4 Å². The van der Waals surface area contributed by atoms with E-state index in [1.165, 1.54) is 6.33 Å². The van der Waals surface area contributed by atoms with Crippen LogP contribution in [-0.2, 0) is 6.42 Å². The Kier molecular flexibility index (Phi) is 4.99. The molecule has 4 aromatic rings. The average molecular weight is 470 g/mol. The van der Waals surface area contributed by atoms with Gasteiger partial charge in [0.05, 0.1) is 38.9 Å². The van der Waals surface area contributed by atoms with Crippen LogP contribution < -0.4 is 10.5 Å². The third kappa shape index (κ3) is 3.23. The van der Waals surface area contributed by atoms with Crippen molar-refractivity contribution >= 4 is 34.1 Å². The molecule has 1 atom stereocenters. The number of rotatable bonds is 3. The number of nitrogens with zero attached hydrogens (tertiary/aromatic N) is 5. The van der Waals surface area contributed by atoms with Crippen LogP contribution in [0.2, 0.25) is 5.02 Å². The number of allylic oxidation sites excluding steroid dienone is 2. The first-order valence-electron chi connectivity index (χ1n) is 11.2. The molecule has 168 valence electrons. The summed E-state index contributed by atoms with van der Waals surface area (Å²) in [6, 6.07) is 14.5. The summed E-state index contributed by atoms with van der Waals surface area (Å²) in [7, 11) is 0. The summed E-state index contributed by atoms with van der Waals surface area (Å²) in [6.45, 7) is 0.698. The Morgan fingerprint density at radius 3 is 2.71 bits per heavy atom. The second-order valence-electron chi connectivity index (χ2n) is 8.42. The molecule has 0 bridgehead atoms. The zero-order chi connectivity index (χ0) is 23.2. The first-order chi connectivity index (χ1) is 16.6. The molecule has 1 fully saturated rings. The topological polar surface area (TPSA) is 81.0 Å². The van der Waals surface area contributed by atoms with E-state index >= 15 is 0 Å². The lowest BCUT2D eigenvalue weighted by Crippen LogP contribution is -2.33. The minimum absolute atomic E-state index is 0.0961. The second kappa shape index (κ2) is 8.18. The van der Waals surface area contributed by atoms with Crippen molar-refractivity contribution in [2.45, 2.75) is 25.3 Å². The van der Waals surface area contributed by atoms with Gasteiger partial charge in [-0.15, -0.1) is 0 Å². The molecule has 2 aliphatic rings. The fourth-order valence-corrected chi connectivity index (χ4v) is 5.19. The average Bonchev–Trinajstić information content (AvgIpc) is 3.34. The van der Waals surface area contributed by atoms with E-state index in [9.17, 15) is 9.59 Å². The van der Waals surface area contributed by atoms with Crippen LogP contribution in [0.1, 0.15) is 40.8 Å². The molecule has 0 saturated carbocycles. The second-order valence-corrected chi connectivity index (χ2v) is 8.83. The summed E-state index contributed by atoms with van der Waals surface area (Å²) >= 11 is 6.43. The molecule has 0 N–H and O–H groups in total. The number of hydrogen-bond donors (Lipinski definition) is 0. The number of carbonyl (C=O) groups is 1. The van der Waals surface area contributed by atoms with E-state index in [0.717, 1.165) is 18.5 Å². The third-order valence-corrected chi connectivity index (χ3v) is 6.76. The number of hydrogen-bond acceptors (Lipinski definition) is 6. The van der Waals surface area contributed by atoms with Crippen LogP contribution in [0.25, 0.3) is 16.6 Å². The normalized spacial score (nSPS) is 17.4. The Morgan fingerprint density at radius 1 is 1.00 bits per heavy atom. The highest BCUT2D eigenvalue weighted by molar-refractivity contribution is 6.35. The Labute approximate surface area is 200 Å². The summed E-state index contributed by atoms with van der Waals surface area (Å²) < 4.78 is 1.65. The van der Waals surface area contributed by atoms with Crippen LogP contribution in [0.4, 0.5) is 5.82 Å². The minimum Gasteiger partial charge on any atom is -0.346 e. The summed E-state index contributed by atoms with van der Waals surface area (Å²) in [5, 5.41) is 0.762. The Bertz CT molecular complexity index is 1530. The summed E-state index contributed by atoms with van der Waals surface area (Å²) in [4.78, 5) is 42.5. The van der Waals surface area contributed by atoms with E-state index < -0.39 is 0 Å². The maximum Gasteiger partial charge on any atom is 0.267 e. The predicted molar refractivity (Wildman–Crippen MR) is 131 cm³/mol. The number of halogens is 1. The molecule has 1 aliphatic heterocycles. The maximum atomic E-state index is 13.8. The van der Waals surface area contributed by atoms with Gasteiger partial charge in [-0.3, -0.25) is 14.2 Å². The molecule has 0 spiro atoms. The molecular weight excluding hydrogens is 450 g/mol.